The van der Waals surface area contributed by atoms with Crippen LogP contribution in [0.2, 0.25) is 0 Å². The Morgan fingerprint density at radius 3 is 2.43 bits per heavy atom. The van der Waals surface area contributed by atoms with Crippen LogP contribution in [0.25, 0.3) is 0 Å². The summed E-state index contributed by atoms with van der Waals surface area (Å²) in [6, 6.07) is 6.76. The molecule has 3 nitrogen and oxygen atoms in total. The van der Waals surface area contributed by atoms with Crippen LogP contribution in [0.5, 0.6) is 5.75 Å². The van der Waals surface area contributed by atoms with E-state index in [-0.39, 0.29) is 11.5 Å². The minimum Gasteiger partial charge on any atom is -0.508 e. The second kappa shape index (κ2) is 4.46. The Balaban J connectivity index is 2.74. The van der Waals surface area contributed by atoms with Gasteiger partial charge in [-0.05, 0) is 37.3 Å². The average Bonchev–Trinajstić information content (AvgIpc) is 2.15. The molecule has 0 bridgehead atoms. The summed E-state index contributed by atoms with van der Waals surface area (Å²) < 4.78 is 0. The van der Waals surface area contributed by atoms with Crippen molar-refractivity contribution < 1.29 is 9.90 Å². The lowest BCUT2D eigenvalue weighted by molar-refractivity contribution is -0.112. The van der Waals surface area contributed by atoms with E-state index in [1.807, 2.05) is 7.05 Å². The zero-order chi connectivity index (χ0) is 10.6. The first-order chi connectivity index (χ1) is 6.59. The van der Waals surface area contributed by atoms with E-state index in [1.165, 1.54) is 13.0 Å². The molecule has 3 heteroatoms. The summed E-state index contributed by atoms with van der Waals surface area (Å²) in [5, 5.41) is 9.07. The van der Waals surface area contributed by atoms with Gasteiger partial charge in [0.1, 0.15) is 5.75 Å². The third-order valence-corrected chi connectivity index (χ3v) is 1.79. The van der Waals surface area contributed by atoms with Crippen molar-refractivity contribution in [3.05, 3.63) is 36.5 Å². The number of aromatic hydroxyl groups is 1. The number of benzene rings is 1. The summed E-state index contributed by atoms with van der Waals surface area (Å²) in [5.41, 5.74) is 0.917. The van der Waals surface area contributed by atoms with Gasteiger partial charge in [-0.1, -0.05) is 0 Å². The lowest BCUT2D eigenvalue weighted by Crippen LogP contribution is -2.07. The fraction of sp³-hybridized carbons (Fsp3) is 0.182. The van der Waals surface area contributed by atoms with Gasteiger partial charge in [0.2, 0.25) is 0 Å². The Kier molecular flexibility index (Phi) is 3.29. The number of ketones is 1. The normalized spacial score (nSPS) is 10.4. The van der Waals surface area contributed by atoms with E-state index in [0.29, 0.717) is 0 Å². The number of hydrogen-bond donors (Lipinski definition) is 1. The standard InChI is InChI=1S/C11H13NO2/c1-9(13)7-8-12(2)10-3-5-11(14)6-4-10/h3-8,14H,1-2H3. The van der Waals surface area contributed by atoms with Gasteiger partial charge in [0.05, 0.1) is 0 Å². The molecule has 0 radical (unpaired) electrons. The molecule has 74 valence electrons. The van der Waals surface area contributed by atoms with E-state index >= 15 is 0 Å². The molecule has 0 fully saturated rings. The highest BCUT2D eigenvalue weighted by Crippen LogP contribution is 2.17. The average molecular weight is 191 g/mol. The molecule has 0 saturated carbocycles. The second-order valence-corrected chi connectivity index (χ2v) is 3.05. The van der Waals surface area contributed by atoms with Crippen LogP contribution in [0.15, 0.2) is 36.5 Å². The van der Waals surface area contributed by atoms with Crippen molar-refractivity contribution in [3.63, 3.8) is 0 Å². The predicted octanol–water partition coefficient (Wildman–Crippen LogP) is 1.93. The maximum Gasteiger partial charge on any atom is 0.154 e. The smallest absolute Gasteiger partial charge is 0.154 e. The molecule has 1 N–H and O–H groups in total. The molecule has 0 aliphatic heterocycles. The maximum absolute atomic E-state index is 10.7. The van der Waals surface area contributed by atoms with E-state index in [4.69, 9.17) is 5.11 Å². The minimum atomic E-state index is 0.00984. The Morgan fingerprint density at radius 2 is 1.93 bits per heavy atom. The SMILES string of the molecule is CC(=O)C=CN(C)c1ccc(O)cc1. The molecule has 0 saturated heterocycles. The summed E-state index contributed by atoms with van der Waals surface area (Å²) in [4.78, 5) is 12.5. The van der Waals surface area contributed by atoms with E-state index in [1.54, 1.807) is 35.4 Å². The number of phenols is 1. The molecule has 1 aromatic carbocycles. The van der Waals surface area contributed by atoms with Gasteiger partial charge in [-0.2, -0.15) is 0 Å². The molecule has 0 atom stereocenters. The van der Waals surface area contributed by atoms with E-state index in [2.05, 4.69) is 0 Å². The predicted molar refractivity (Wildman–Crippen MR) is 56.3 cm³/mol. The van der Waals surface area contributed by atoms with Gasteiger partial charge in [0.25, 0.3) is 0 Å². The third kappa shape index (κ3) is 2.94. The summed E-state index contributed by atoms with van der Waals surface area (Å²) in [7, 11) is 1.84. The van der Waals surface area contributed by atoms with Crippen LogP contribution in [0, 0.1) is 0 Å². The van der Waals surface area contributed by atoms with Crippen LogP contribution < -0.4 is 4.90 Å². The van der Waals surface area contributed by atoms with Crippen LogP contribution >= 0.6 is 0 Å². The number of anilines is 1. The first-order valence-electron chi connectivity index (χ1n) is 4.30. The van der Waals surface area contributed by atoms with Gasteiger partial charge >= 0.3 is 0 Å². The quantitative estimate of drug-likeness (QED) is 0.742. The summed E-state index contributed by atoms with van der Waals surface area (Å²) in [5.74, 6) is 0.244. The Labute approximate surface area is 83.3 Å². The Bertz CT molecular complexity index is 341. The van der Waals surface area contributed by atoms with Crippen LogP contribution in [-0.4, -0.2) is 17.9 Å². The highest BCUT2D eigenvalue weighted by Gasteiger charge is 1.96. The Morgan fingerprint density at radius 1 is 1.36 bits per heavy atom. The van der Waals surface area contributed by atoms with Crippen molar-refractivity contribution in [2.45, 2.75) is 6.92 Å². The van der Waals surface area contributed by atoms with Crippen molar-refractivity contribution in [2.75, 3.05) is 11.9 Å². The number of allylic oxidation sites excluding steroid dienone is 1. The molecule has 1 rings (SSSR count). The lowest BCUT2D eigenvalue weighted by Gasteiger charge is -2.13. The molecule has 0 heterocycles. The molecular formula is C11H13NO2. The van der Waals surface area contributed by atoms with Gasteiger partial charge in [-0.3, -0.25) is 4.79 Å². The lowest BCUT2D eigenvalue weighted by atomic mass is 10.3. The van der Waals surface area contributed by atoms with E-state index in [0.717, 1.165) is 5.69 Å². The molecule has 0 aliphatic rings. The number of carbonyl (C=O) groups excluding carboxylic acids is 1. The summed E-state index contributed by atoms with van der Waals surface area (Å²) >= 11 is 0. The molecular weight excluding hydrogens is 178 g/mol. The molecule has 0 aromatic heterocycles. The number of rotatable bonds is 3. The van der Waals surface area contributed by atoms with Crippen LogP contribution in [0.3, 0.4) is 0 Å². The van der Waals surface area contributed by atoms with Crippen molar-refractivity contribution >= 4 is 11.5 Å². The van der Waals surface area contributed by atoms with Crippen molar-refractivity contribution in [1.29, 1.82) is 0 Å². The highest BCUT2D eigenvalue weighted by molar-refractivity contribution is 5.87. The number of phenolic OH excluding ortho intramolecular Hbond substituents is 1. The van der Waals surface area contributed by atoms with Crippen LogP contribution in [0.1, 0.15) is 6.92 Å². The van der Waals surface area contributed by atoms with Gasteiger partial charge in [0, 0.05) is 18.9 Å². The van der Waals surface area contributed by atoms with Crippen LogP contribution in [-0.2, 0) is 4.79 Å². The van der Waals surface area contributed by atoms with Gasteiger partial charge in [-0.25, -0.2) is 0 Å². The summed E-state index contributed by atoms with van der Waals surface area (Å²) in [6.45, 7) is 1.50. The van der Waals surface area contributed by atoms with Crippen molar-refractivity contribution in [1.82, 2.24) is 0 Å². The van der Waals surface area contributed by atoms with Gasteiger partial charge in [-0.15, -0.1) is 0 Å². The fourth-order valence-electron chi connectivity index (χ4n) is 0.991. The summed E-state index contributed by atoms with van der Waals surface area (Å²) in [6.07, 6.45) is 3.18. The van der Waals surface area contributed by atoms with E-state index in [9.17, 15) is 4.79 Å². The number of nitrogens with zero attached hydrogens (tertiary/aromatic N) is 1. The minimum absolute atomic E-state index is 0.00984. The number of carbonyl (C=O) groups is 1. The van der Waals surface area contributed by atoms with Crippen molar-refractivity contribution in [3.8, 4) is 5.75 Å². The van der Waals surface area contributed by atoms with Gasteiger partial charge < -0.3 is 10.0 Å². The third-order valence-electron chi connectivity index (χ3n) is 1.79. The zero-order valence-corrected chi connectivity index (χ0v) is 8.27. The zero-order valence-electron chi connectivity index (χ0n) is 8.27. The highest BCUT2D eigenvalue weighted by atomic mass is 16.3. The second-order valence-electron chi connectivity index (χ2n) is 3.05. The van der Waals surface area contributed by atoms with Crippen molar-refractivity contribution in [2.24, 2.45) is 0 Å². The first kappa shape index (κ1) is 10.3. The van der Waals surface area contributed by atoms with E-state index < -0.39 is 0 Å². The molecule has 14 heavy (non-hydrogen) atoms. The Hall–Kier alpha value is -1.77. The number of hydrogen-bond acceptors (Lipinski definition) is 3. The molecule has 1 aromatic rings. The maximum atomic E-state index is 10.7. The first-order valence-corrected chi connectivity index (χ1v) is 4.30. The molecule has 0 amide bonds. The molecule has 0 spiro atoms. The largest absolute Gasteiger partial charge is 0.508 e. The van der Waals surface area contributed by atoms with Gasteiger partial charge in [0.15, 0.2) is 5.78 Å². The molecule has 0 unspecified atom stereocenters. The monoisotopic (exact) mass is 191 g/mol. The fourth-order valence-corrected chi connectivity index (χ4v) is 0.991. The topological polar surface area (TPSA) is 40.5 Å². The van der Waals surface area contributed by atoms with Crippen LogP contribution in [0.4, 0.5) is 5.69 Å². The molecule has 0 aliphatic carbocycles.